The van der Waals surface area contributed by atoms with Crippen LogP contribution in [0.5, 0.6) is 11.5 Å². The Hall–Kier alpha value is -2.05. The molecule has 0 unspecified atom stereocenters. The van der Waals surface area contributed by atoms with Gasteiger partial charge in [0.05, 0.1) is 7.11 Å². The lowest BCUT2D eigenvalue weighted by molar-refractivity contribution is 0.155. The van der Waals surface area contributed by atoms with Gasteiger partial charge in [-0.1, -0.05) is 11.2 Å². The van der Waals surface area contributed by atoms with Gasteiger partial charge in [0.25, 0.3) is 0 Å². The minimum absolute atomic E-state index is 0.132. The fraction of sp³-hybridized carbons (Fsp3) is 0.400. The normalized spacial score (nSPS) is 12.2. The van der Waals surface area contributed by atoms with Gasteiger partial charge in [-0.2, -0.15) is 0 Å². The van der Waals surface area contributed by atoms with E-state index in [9.17, 15) is 0 Å². The SMILES string of the molecule is COCc1cc(COc2cc(OC)ccc2[C@@H](C)N)no1. The first-order valence-corrected chi connectivity index (χ1v) is 6.63. The second-order valence-electron chi connectivity index (χ2n) is 4.70. The number of hydrogen-bond donors (Lipinski definition) is 1. The predicted molar refractivity (Wildman–Crippen MR) is 77.1 cm³/mol. The molecule has 1 heterocycles. The number of nitrogens with two attached hydrogens (primary N) is 1. The Morgan fingerprint density at radius 3 is 2.71 bits per heavy atom. The average Bonchev–Trinajstić information content (AvgIpc) is 2.92. The molecule has 1 atom stereocenters. The Labute approximate surface area is 123 Å². The van der Waals surface area contributed by atoms with E-state index in [1.165, 1.54) is 0 Å². The molecule has 0 saturated carbocycles. The van der Waals surface area contributed by atoms with Gasteiger partial charge in [-0.15, -0.1) is 0 Å². The molecule has 0 aliphatic carbocycles. The summed E-state index contributed by atoms with van der Waals surface area (Å²) in [6.07, 6.45) is 0. The summed E-state index contributed by atoms with van der Waals surface area (Å²) in [5.74, 6) is 2.06. The lowest BCUT2D eigenvalue weighted by Crippen LogP contribution is -2.08. The average molecular weight is 292 g/mol. The number of ether oxygens (including phenoxy) is 3. The molecule has 6 nitrogen and oxygen atoms in total. The molecule has 0 spiro atoms. The highest BCUT2D eigenvalue weighted by Crippen LogP contribution is 2.29. The van der Waals surface area contributed by atoms with Crippen LogP contribution < -0.4 is 15.2 Å². The smallest absolute Gasteiger partial charge is 0.162 e. The lowest BCUT2D eigenvalue weighted by Gasteiger charge is -2.14. The third-order valence-corrected chi connectivity index (χ3v) is 2.98. The predicted octanol–water partition coefficient (Wildman–Crippen LogP) is 2.43. The van der Waals surface area contributed by atoms with Crippen molar-refractivity contribution in [2.24, 2.45) is 5.73 Å². The zero-order chi connectivity index (χ0) is 15.2. The van der Waals surface area contributed by atoms with Crippen LogP contribution in [0.4, 0.5) is 0 Å². The topological polar surface area (TPSA) is 79.7 Å². The van der Waals surface area contributed by atoms with E-state index in [2.05, 4.69) is 5.16 Å². The molecule has 0 bridgehead atoms. The molecule has 1 aromatic carbocycles. The Morgan fingerprint density at radius 1 is 1.24 bits per heavy atom. The molecule has 2 aromatic rings. The van der Waals surface area contributed by atoms with E-state index in [-0.39, 0.29) is 6.04 Å². The molecule has 0 amide bonds. The van der Waals surface area contributed by atoms with Crippen molar-refractivity contribution >= 4 is 0 Å². The van der Waals surface area contributed by atoms with E-state index < -0.39 is 0 Å². The van der Waals surface area contributed by atoms with E-state index in [4.69, 9.17) is 24.5 Å². The van der Waals surface area contributed by atoms with Crippen LogP contribution in [0.15, 0.2) is 28.8 Å². The minimum atomic E-state index is -0.132. The maximum atomic E-state index is 5.95. The zero-order valence-corrected chi connectivity index (χ0v) is 12.5. The summed E-state index contributed by atoms with van der Waals surface area (Å²) in [6, 6.07) is 7.24. The zero-order valence-electron chi connectivity index (χ0n) is 12.5. The summed E-state index contributed by atoms with van der Waals surface area (Å²) in [5, 5.41) is 3.92. The first kappa shape index (κ1) is 15.3. The van der Waals surface area contributed by atoms with Crippen LogP contribution >= 0.6 is 0 Å². The van der Waals surface area contributed by atoms with E-state index >= 15 is 0 Å². The van der Waals surface area contributed by atoms with Crippen molar-refractivity contribution in [3.63, 3.8) is 0 Å². The van der Waals surface area contributed by atoms with Crippen molar-refractivity contribution in [3.05, 3.63) is 41.3 Å². The second-order valence-corrected chi connectivity index (χ2v) is 4.70. The van der Waals surface area contributed by atoms with Crippen LogP contribution in [0.3, 0.4) is 0 Å². The molecule has 0 aliphatic rings. The summed E-state index contributed by atoms with van der Waals surface area (Å²) in [5.41, 5.74) is 7.56. The number of methoxy groups -OCH3 is 2. The van der Waals surface area contributed by atoms with Crippen LogP contribution in [-0.2, 0) is 18.0 Å². The van der Waals surface area contributed by atoms with Gasteiger partial charge in [0.15, 0.2) is 5.76 Å². The minimum Gasteiger partial charge on any atom is -0.497 e. The van der Waals surface area contributed by atoms with E-state index in [0.717, 1.165) is 11.3 Å². The van der Waals surface area contributed by atoms with Crippen LogP contribution in [0.25, 0.3) is 0 Å². The summed E-state index contributed by atoms with van der Waals surface area (Å²) in [7, 11) is 3.21. The number of nitrogens with zero attached hydrogens (tertiary/aromatic N) is 1. The van der Waals surface area contributed by atoms with Gasteiger partial charge in [0, 0.05) is 30.8 Å². The van der Waals surface area contributed by atoms with Crippen molar-refractivity contribution in [2.75, 3.05) is 14.2 Å². The first-order valence-electron chi connectivity index (χ1n) is 6.63. The number of benzene rings is 1. The fourth-order valence-corrected chi connectivity index (χ4v) is 1.93. The van der Waals surface area contributed by atoms with Gasteiger partial charge in [0.2, 0.25) is 0 Å². The highest BCUT2D eigenvalue weighted by atomic mass is 16.5. The van der Waals surface area contributed by atoms with Crippen molar-refractivity contribution < 1.29 is 18.7 Å². The summed E-state index contributed by atoms with van der Waals surface area (Å²) in [4.78, 5) is 0. The summed E-state index contributed by atoms with van der Waals surface area (Å²) < 4.78 is 21.1. The Kier molecular flexibility index (Phi) is 5.19. The van der Waals surface area contributed by atoms with Gasteiger partial charge in [0.1, 0.15) is 30.4 Å². The highest BCUT2D eigenvalue weighted by Gasteiger charge is 2.11. The second kappa shape index (κ2) is 7.10. The van der Waals surface area contributed by atoms with Gasteiger partial charge in [-0.05, 0) is 13.0 Å². The fourth-order valence-electron chi connectivity index (χ4n) is 1.93. The van der Waals surface area contributed by atoms with E-state index in [0.29, 0.717) is 30.4 Å². The quantitative estimate of drug-likeness (QED) is 0.844. The maximum absolute atomic E-state index is 5.95. The number of hydrogen-bond acceptors (Lipinski definition) is 6. The Balaban J connectivity index is 2.10. The van der Waals surface area contributed by atoms with Crippen molar-refractivity contribution in [1.29, 1.82) is 0 Å². The monoisotopic (exact) mass is 292 g/mol. The molecule has 114 valence electrons. The summed E-state index contributed by atoms with van der Waals surface area (Å²) >= 11 is 0. The Morgan fingerprint density at radius 2 is 2.05 bits per heavy atom. The molecule has 0 fully saturated rings. The molecule has 21 heavy (non-hydrogen) atoms. The van der Waals surface area contributed by atoms with Crippen LogP contribution in [0, 0.1) is 0 Å². The molecule has 0 radical (unpaired) electrons. The highest BCUT2D eigenvalue weighted by molar-refractivity contribution is 5.42. The van der Waals surface area contributed by atoms with Crippen LogP contribution in [0.1, 0.15) is 30.0 Å². The molecule has 2 N–H and O–H groups in total. The number of rotatable bonds is 7. The van der Waals surface area contributed by atoms with E-state index in [1.54, 1.807) is 20.3 Å². The summed E-state index contributed by atoms with van der Waals surface area (Å²) in [6.45, 7) is 2.58. The molecular formula is C15H20N2O4. The molecule has 2 rings (SSSR count). The maximum Gasteiger partial charge on any atom is 0.162 e. The van der Waals surface area contributed by atoms with Crippen LogP contribution in [0.2, 0.25) is 0 Å². The molecule has 1 aromatic heterocycles. The van der Waals surface area contributed by atoms with E-state index in [1.807, 2.05) is 25.1 Å². The molecule has 0 saturated heterocycles. The van der Waals surface area contributed by atoms with Gasteiger partial charge in [-0.3, -0.25) is 0 Å². The Bertz CT molecular complexity index is 581. The molecule has 6 heteroatoms. The van der Waals surface area contributed by atoms with Crippen molar-refractivity contribution in [3.8, 4) is 11.5 Å². The molecule has 0 aliphatic heterocycles. The van der Waals surface area contributed by atoms with Crippen LogP contribution in [-0.4, -0.2) is 19.4 Å². The molecular weight excluding hydrogens is 272 g/mol. The third-order valence-electron chi connectivity index (χ3n) is 2.98. The van der Waals surface area contributed by atoms with Gasteiger partial charge >= 0.3 is 0 Å². The standard InChI is InChI=1S/C15H20N2O4/c1-10(16)14-5-4-12(19-3)7-15(14)20-8-11-6-13(9-18-2)21-17-11/h4-7,10H,8-9,16H2,1-3H3/t10-/m1/s1. The van der Waals surface area contributed by atoms with Crippen molar-refractivity contribution in [2.45, 2.75) is 26.2 Å². The number of aromatic nitrogens is 1. The lowest BCUT2D eigenvalue weighted by atomic mass is 10.1. The first-order chi connectivity index (χ1) is 10.1. The van der Waals surface area contributed by atoms with Gasteiger partial charge < -0.3 is 24.5 Å². The third kappa shape index (κ3) is 3.96. The largest absolute Gasteiger partial charge is 0.497 e. The van der Waals surface area contributed by atoms with Gasteiger partial charge in [-0.25, -0.2) is 0 Å². The van der Waals surface area contributed by atoms with Crippen molar-refractivity contribution in [1.82, 2.24) is 5.16 Å².